The third-order valence-corrected chi connectivity index (χ3v) is 4.37. The van der Waals surface area contributed by atoms with E-state index in [2.05, 4.69) is 9.98 Å². The van der Waals surface area contributed by atoms with Gasteiger partial charge in [-0.15, -0.1) is 0 Å². The van der Waals surface area contributed by atoms with Crippen molar-refractivity contribution in [2.45, 2.75) is 6.92 Å². The minimum absolute atomic E-state index is 0.208. The third kappa shape index (κ3) is 3.29. The summed E-state index contributed by atoms with van der Waals surface area (Å²) < 4.78 is 11.4. The first-order valence-corrected chi connectivity index (χ1v) is 8.53. The molecule has 1 aliphatic rings. The zero-order valence-corrected chi connectivity index (χ0v) is 15.1. The number of benzene rings is 2. The Morgan fingerprint density at radius 1 is 1.07 bits per heavy atom. The van der Waals surface area contributed by atoms with Crippen LogP contribution in [-0.4, -0.2) is 30.1 Å². The van der Waals surface area contributed by atoms with Crippen LogP contribution in [0.4, 0.5) is 11.4 Å². The highest BCUT2D eigenvalue weighted by Crippen LogP contribution is 2.39. The number of aliphatic imine (C=N–C) groups is 1. The molecule has 2 heterocycles. The SMILES string of the molecule is COc1cc(N2CN=Cc3c(O)cccc32)ccc1Oc1ccc(C)nc1. The fourth-order valence-electron chi connectivity index (χ4n) is 2.97. The molecular formula is C21H19N3O3. The number of phenols is 1. The van der Waals surface area contributed by atoms with Crippen LogP contribution in [0.5, 0.6) is 23.0 Å². The zero-order chi connectivity index (χ0) is 18.8. The zero-order valence-electron chi connectivity index (χ0n) is 15.1. The lowest BCUT2D eigenvalue weighted by atomic mass is 10.1. The third-order valence-electron chi connectivity index (χ3n) is 4.37. The molecule has 0 unspecified atom stereocenters. The Morgan fingerprint density at radius 3 is 2.74 bits per heavy atom. The fourth-order valence-corrected chi connectivity index (χ4v) is 2.97. The van der Waals surface area contributed by atoms with Gasteiger partial charge in [-0.3, -0.25) is 9.98 Å². The van der Waals surface area contributed by atoms with Gasteiger partial charge in [0.1, 0.15) is 18.2 Å². The van der Waals surface area contributed by atoms with Crippen molar-refractivity contribution in [1.82, 2.24) is 4.98 Å². The summed E-state index contributed by atoms with van der Waals surface area (Å²) in [6.07, 6.45) is 3.38. The molecule has 3 aromatic rings. The molecule has 1 N–H and O–H groups in total. The molecule has 0 saturated heterocycles. The second-order valence-electron chi connectivity index (χ2n) is 6.16. The van der Waals surface area contributed by atoms with E-state index in [4.69, 9.17) is 9.47 Å². The first kappa shape index (κ1) is 16.9. The van der Waals surface area contributed by atoms with Gasteiger partial charge in [-0.25, -0.2) is 0 Å². The number of ether oxygens (including phenoxy) is 2. The minimum atomic E-state index is 0.208. The molecule has 136 valence electrons. The number of rotatable bonds is 4. The molecule has 0 aliphatic carbocycles. The lowest BCUT2D eigenvalue weighted by Crippen LogP contribution is -2.21. The predicted molar refractivity (Wildman–Crippen MR) is 105 cm³/mol. The Labute approximate surface area is 157 Å². The van der Waals surface area contributed by atoms with Crippen molar-refractivity contribution in [3.05, 3.63) is 66.0 Å². The highest BCUT2D eigenvalue weighted by Gasteiger charge is 2.19. The Bertz CT molecular complexity index is 1000. The lowest BCUT2D eigenvalue weighted by Gasteiger charge is -2.28. The minimum Gasteiger partial charge on any atom is -0.507 e. The van der Waals surface area contributed by atoms with Crippen LogP contribution in [0.1, 0.15) is 11.3 Å². The maximum Gasteiger partial charge on any atom is 0.169 e. The Kier molecular flexibility index (Phi) is 4.38. The van der Waals surface area contributed by atoms with Gasteiger partial charge in [-0.1, -0.05) is 6.07 Å². The molecule has 0 saturated carbocycles. The number of hydrogen-bond donors (Lipinski definition) is 1. The largest absolute Gasteiger partial charge is 0.507 e. The number of hydrogen-bond acceptors (Lipinski definition) is 6. The number of aryl methyl sites for hydroxylation is 1. The standard InChI is InChI=1S/C21H19N3O3/c1-14-6-8-16(11-23-14)27-20-9-7-15(10-21(20)26-2)24-13-22-12-17-18(24)4-3-5-19(17)25/h3-12,25H,13H2,1-2H3. The molecule has 0 radical (unpaired) electrons. The predicted octanol–water partition coefficient (Wildman–Crippen LogP) is 4.42. The van der Waals surface area contributed by atoms with Crippen molar-refractivity contribution < 1.29 is 14.6 Å². The number of aromatic hydroxyl groups is 1. The maximum atomic E-state index is 10.1. The number of nitrogens with zero attached hydrogens (tertiary/aromatic N) is 3. The quantitative estimate of drug-likeness (QED) is 0.745. The summed E-state index contributed by atoms with van der Waals surface area (Å²) in [6.45, 7) is 2.39. The monoisotopic (exact) mass is 361 g/mol. The summed E-state index contributed by atoms with van der Waals surface area (Å²) in [7, 11) is 1.60. The number of methoxy groups -OCH3 is 1. The van der Waals surface area contributed by atoms with Crippen molar-refractivity contribution in [2.75, 3.05) is 18.7 Å². The molecule has 1 aromatic heterocycles. The summed E-state index contributed by atoms with van der Waals surface area (Å²) in [5.41, 5.74) is 3.42. The van der Waals surface area contributed by atoms with Gasteiger partial charge < -0.3 is 19.5 Å². The summed E-state index contributed by atoms with van der Waals surface area (Å²) in [6, 6.07) is 14.9. The molecule has 6 heteroatoms. The Morgan fingerprint density at radius 2 is 1.96 bits per heavy atom. The van der Waals surface area contributed by atoms with Crippen LogP contribution in [-0.2, 0) is 0 Å². The number of fused-ring (bicyclic) bond motifs is 1. The molecule has 0 bridgehead atoms. The molecule has 0 atom stereocenters. The molecule has 6 nitrogen and oxygen atoms in total. The second kappa shape index (κ2) is 6.99. The number of pyridine rings is 1. The van der Waals surface area contributed by atoms with E-state index in [1.54, 1.807) is 25.6 Å². The highest BCUT2D eigenvalue weighted by atomic mass is 16.5. The van der Waals surface area contributed by atoms with Gasteiger partial charge in [0.25, 0.3) is 0 Å². The van der Waals surface area contributed by atoms with Gasteiger partial charge in [0, 0.05) is 23.7 Å². The van der Waals surface area contributed by atoms with Crippen LogP contribution >= 0.6 is 0 Å². The lowest BCUT2D eigenvalue weighted by molar-refractivity contribution is 0.378. The van der Waals surface area contributed by atoms with E-state index in [0.29, 0.717) is 29.5 Å². The molecule has 0 fully saturated rings. The van der Waals surface area contributed by atoms with Gasteiger partial charge in [-0.05, 0) is 43.3 Å². The van der Waals surface area contributed by atoms with Crippen LogP contribution in [0.3, 0.4) is 0 Å². The van der Waals surface area contributed by atoms with Gasteiger partial charge in [0.05, 0.1) is 24.6 Å². The molecule has 0 amide bonds. The molecule has 1 aliphatic heterocycles. The topological polar surface area (TPSA) is 67.2 Å². The van der Waals surface area contributed by atoms with Gasteiger partial charge in [-0.2, -0.15) is 0 Å². The van der Waals surface area contributed by atoms with Crippen molar-refractivity contribution in [3.63, 3.8) is 0 Å². The van der Waals surface area contributed by atoms with E-state index in [1.807, 2.05) is 54.3 Å². The first-order chi connectivity index (χ1) is 13.2. The highest BCUT2D eigenvalue weighted by molar-refractivity contribution is 5.95. The molecule has 4 rings (SSSR count). The Balaban J connectivity index is 1.67. The van der Waals surface area contributed by atoms with Crippen LogP contribution in [0.15, 0.2) is 59.7 Å². The fraction of sp³-hybridized carbons (Fsp3) is 0.143. The first-order valence-electron chi connectivity index (χ1n) is 8.53. The number of anilines is 2. The van der Waals surface area contributed by atoms with E-state index in [9.17, 15) is 5.11 Å². The van der Waals surface area contributed by atoms with Crippen molar-refractivity contribution >= 4 is 17.6 Å². The maximum absolute atomic E-state index is 10.1. The van der Waals surface area contributed by atoms with Crippen molar-refractivity contribution in [1.29, 1.82) is 0 Å². The van der Waals surface area contributed by atoms with Crippen LogP contribution in [0.25, 0.3) is 0 Å². The van der Waals surface area contributed by atoms with Gasteiger partial charge >= 0.3 is 0 Å². The summed E-state index contributed by atoms with van der Waals surface area (Å²) >= 11 is 0. The van der Waals surface area contributed by atoms with Crippen molar-refractivity contribution in [3.8, 4) is 23.0 Å². The Hall–Kier alpha value is -3.54. The van der Waals surface area contributed by atoms with Crippen LogP contribution in [0, 0.1) is 6.92 Å². The molecule has 2 aromatic carbocycles. The molecular weight excluding hydrogens is 342 g/mol. The molecule has 27 heavy (non-hydrogen) atoms. The van der Waals surface area contributed by atoms with Crippen LogP contribution < -0.4 is 14.4 Å². The van der Waals surface area contributed by atoms with Gasteiger partial charge in [0.15, 0.2) is 11.5 Å². The average molecular weight is 361 g/mol. The normalized spacial score (nSPS) is 12.6. The average Bonchev–Trinajstić information content (AvgIpc) is 2.70. The van der Waals surface area contributed by atoms with E-state index in [-0.39, 0.29) is 5.75 Å². The molecule has 0 spiro atoms. The van der Waals surface area contributed by atoms with Crippen molar-refractivity contribution in [2.24, 2.45) is 4.99 Å². The van der Waals surface area contributed by atoms with E-state index >= 15 is 0 Å². The number of aromatic nitrogens is 1. The smallest absolute Gasteiger partial charge is 0.169 e. The number of phenolic OH excluding ortho intramolecular Hbond substituents is 1. The second-order valence-corrected chi connectivity index (χ2v) is 6.16. The summed E-state index contributed by atoms with van der Waals surface area (Å²) in [4.78, 5) is 10.6. The van der Waals surface area contributed by atoms with Crippen LogP contribution in [0.2, 0.25) is 0 Å². The summed E-state index contributed by atoms with van der Waals surface area (Å²) in [5, 5.41) is 10.1. The van der Waals surface area contributed by atoms with Gasteiger partial charge in [0.2, 0.25) is 0 Å². The van der Waals surface area contributed by atoms with E-state index in [1.165, 1.54) is 0 Å². The van der Waals surface area contributed by atoms with E-state index < -0.39 is 0 Å². The van der Waals surface area contributed by atoms with E-state index in [0.717, 1.165) is 17.1 Å². The summed E-state index contributed by atoms with van der Waals surface area (Å²) in [5.74, 6) is 2.05.